The molecule has 0 fully saturated rings. The molecule has 1 aromatic carbocycles. The average Bonchev–Trinajstić information content (AvgIpc) is 2.37. The number of sulfonamides is 1. The molecule has 1 atom stereocenters. The van der Waals surface area contributed by atoms with Crippen LogP contribution in [0.1, 0.15) is 6.42 Å². The van der Waals surface area contributed by atoms with Crippen molar-refractivity contribution in [3.8, 4) is 0 Å². The lowest BCUT2D eigenvalue weighted by atomic mass is 10.2. The minimum atomic E-state index is -4.56. The summed E-state index contributed by atoms with van der Waals surface area (Å²) in [7, 11) is -4.56. The Bertz CT molecular complexity index is 684. The van der Waals surface area contributed by atoms with Crippen LogP contribution in [0.25, 0.3) is 0 Å². The van der Waals surface area contributed by atoms with Crippen LogP contribution in [0.5, 0.6) is 0 Å². The highest BCUT2D eigenvalue weighted by molar-refractivity contribution is 7.89. The lowest BCUT2D eigenvalue weighted by Crippen LogP contribution is -2.42. The molecule has 10 nitrogen and oxygen atoms in total. The molecule has 0 aromatic heterocycles. The Morgan fingerprint density at radius 3 is 2.33 bits per heavy atom. The van der Waals surface area contributed by atoms with Crippen LogP contribution in [0.15, 0.2) is 29.2 Å². The third kappa shape index (κ3) is 4.22. The Labute approximate surface area is 118 Å². The van der Waals surface area contributed by atoms with Gasteiger partial charge in [0.15, 0.2) is 4.90 Å². The Kier molecular flexibility index (Phi) is 4.94. The predicted octanol–water partition coefficient (Wildman–Crippen LogP) is -0.199. The second kappa shape index (κ2) is 6.28. The SMILES string of the molecule is O=C(O)C[C@H](NS(=O)(=O)c1ccccc1[N+](=O)[O-])C(=O)O. The zero-order valence-corrected chi connectivity index (χ0v) is 11.1. The fourth-order valence-electron chi connectivity index (χ4n) is 1.44. The summed E-state index contributed by atoms with van der Waals surface area (Å²) in [4.78, 5) is 30.4. The number of carboxylic acids is 2. The van der Waals surface area contributed by atoms with Crippen LogP contribution in [0, 0.1) is 10.1 Å². The summed E-state index contributed by atoms with van der Waals surface area (Å²) in [6.45, 7) is 0. The van der Waals surface area contributed by atoms with Crippen LogP contribution < -0.4 is 4.72 Å². The van der Waals surface area contributed by atoms with Gasteiger partial charge in [-0.05, 0) is 6.07 Å². The van der Waals surface area contributed by atoms with E-state index in [-0.39, 0.29) is 0 Å². The molecule has 0 aliphatic carbocycles. The van der Waals surface area contributed by atoms with Gasteiger partial charge in [0.05, 0.1) is 11.3 Å². The zero-order valence-electron chi connectivity index (χ0n) is 10.3. The van der Waals surface area contributed by atoms with Crippen LogP contribution in [0.4, 0.5) is 5.69 Å². The molecule has 114 valence electrons. The number of nitrogens with one attached hydrogen (secondary N) is 1. The van der Waals surface area contributed by atoms with Gasteiger partial charge in [-0.15, -0.1) is 0 Å². The first-order valence-electron chi connectivity index (χ1n) is 5.35. The van der Waals surface area contributed by atoms with Crippen LogP contribution in [-0.2, 0) is 19.6 Å². The van der Waals surface area contributed by atoms with Gasteiger partial charge in [0, 0.05) is 6.07 Å². The van der Waals surface area contributed by atoms with E-state index in [1.165, 1.54) is 12.1 Å². The summed E-state index contributed by atoms with van der Waals surface area (Å²) in [5.41, 5.74) is -0.746. The van der Waals surface area contributed by atoms with Crippen molar-refractivity contribution in [2.24, 2.45) is 0 Å². The van der Waals surface area contributed by atoms with Gasteiger partial charge in [-0.3, -0.25) is 19.7 Å². The van der Waals surface area contributed by atoms with E-state index in [9.17, 15) is 28.1 Å². The highest BCUT2D eigenvalue weighted by atomic mass is 32.2. The molecule has 0 spiro atoms. The number of hydrogen-bond acceptors (Lipinski definition) is 6. The van der Waals surface area contributed by atoms with E-state index < -0.39 is 49.9 Å². The molecule has 1 aromatic rings. The van der Waals surface area contributed by atoms with Crippen molar-refractivity contribution in [2.75, 3.05) is 0 Å². The van der Waals surface area contributed by atoms with E-state index in [2.05, 4.69) is 0 Å². The first-order valence-corrected chi connectivity index (χ1v) is 6.84. The number of carbonyl (C=O) groups is 2. The molecule has 0 saturated carbocycles. The molecule has 0 radical (unpaired) electrons. The highest BCUT2D eigenvalue weighted by Crippen LogP contribution is 2.23. The number of carboxylic acid groups (broad SMARTS) is 2. The van der Waals surface area contributed by atoms with E-state index in [1.807, 2.05) is 0 Å². The normalized spacial score (nSPS) is 12.6. The van der Waals surface area contributed by atoms with Crippen molar-refractivity contribution in [3.05, 3.63) is 34.4 Å². The monoisotopic (exact) mass is 318 g/mol. The standard InChI is InChI=1S/C10H10N2O8S/c13-9(14)5-6(10(15)16)11-21(19,20)8-4-2-1-3-7(8)12(17)18/h1-4,6,11H,5H2,(H,13,14)(H,15,16)/t6-/m0/s1. The molecule has 0 heterocycles. The number of para-hydroxylation sites is 1. The van der Waals surface area contributed by atoms with Gasteiger partial charge in [-0.25, -0.2) is 8.42 Å². The molecule has 1 rings (SSSR count). The van der Waals surface area contributed by atoms with Gasteiger partial charge in [0.1, 0.15) is 6.04 Å². The number of hydrogen-bond donors (Lipinski definition) is 3. The van der Waals surface area contributed by atoms with E-state index in [0.29, 0.717) is 0 Å². The largest absolute Gasteiger partial charge is 0.481 e. The summed E-state index contributed by atoms with van der Waals surface area (Å²) in [6.07, 6.45) is -1.00. The molecule has 0 unspecified atom stereocenters. The number of nitro groups is 1. The maximum absolute atomic E-state index is 12.0. The molecule has 0 bridgehead atoms. The number of nitro benzene ring substituents is 1. The van der Waals surface area contributed by atoms with Crippen molar-refractivity contribution < 1.29 is 33.1 Å². The smallest absolute Gasteiger partial charge is 0.322 e. The third-order valence-corrected chi connectivity index (χ3v) is 3.84. The lowest BCUT2D eigenvalue weighted by Gasteiger charge is -2.12. The number of benzene rings is 1. The summed E-state index contributed by atoms with van der Waals surface area (Å²) in [5.74, 6) is -3.24. The minimum Gasteiger partial charge on any atom is -0.481 e. The second-order valence-electron chi connectivity index (χ2n) is 3.83. The Morgan fingerprint density at radius 2 is 1.86 bits per heavy atom. The van der Waals surface area contributed by atoms with E-state index in [0.717, 1.165) is 12.1 Å². The van der Waals surface area contributed by atoms with Gasteiger partial charge in [0.25, 0.3) is 5.69 Å². The Hall–Kier alpha value is -2.53. The van der Waals surface area contributed by atoms with E-state index >= 15 is 0 Å². The second-order valence-corrected chi connectivity index (χ2v) is 5.52. The summed E-state index contributed by atoms with van der Waals surface area (Å²) in [6, 6.07) is 2.37. The fraction of sp³-hybridized carbons (Fsp3) is 0.200. The predicted molar refractivity (Wildman–Crippen MR) is 67.1 cm³/mol. The molecular formula is C10H10N2O8S. The third-order valence-electron chi connectivity index (χ3n) is 2.33. The summed E-state index contributed by atoms with van der Waals surface area (Å²) >= 11 is 0. The molecule has 3 N–H and O–H groups in total. The first-order chi connectivity index (χ1) is 9.65. The quantitative estimate of drug-likeness (QED) is 0.459. The zero-order chi connectivity index (χ0) is 16.2. The van der Waals surface area contributed by atoms with Crippen LogP contribution in [0.2, 0.25) is 0 Å². The van der Waals surface area contributed by atoms with Gasteiger partial charge < -0.3 is 10.2 Å². The fourth-order valence-corrected chi connectivity index (χ4v) is 2.80. The van der Waals surface area contributed by atoms with Crippen molar-refractivity contribution >= 4 is 27.6 Å². The number of nitrogens with zero attached hydrogens (tertiary/aromatic N) is 1. The van der Waals surface area contributed by atoms with E-state index in [1.54, 1.807) is 4.72 Å². The molecule has 0 aliphatic heterocycles. The summed E-state index contributed by atoms with van der Waals surface area (Å²) in [5, 5.41) is 28.1. The molecule has 21 heavy (non-hydrogen) atoms. The van der Waals surface area contributed by atoms with Gasteiger partial charge >= 0.3 is 11.9 Å². The van der Waals surface area contributed by atoms with Crippen LogP contribution in [0.3, 0.4) is 0 Å². The average molecular weight is 318 g/mol. The van der Waals surface area contributed by atoms with Crippen molar-refractivity contribution in [3.63, 3.8) is 0 Å². The molecular weight excluding hydrogens is 308 g/mol. The molecule has 0 aliphatic rings. The maximum atomic E-state index is 12.0. The van der Waals surface area contributed by atoms with Crippen molar-refractivity contribution in [2.45, 2.75) is 17.4 Å². The number of aliphatic carboxylic acids is 2. The number of rotatable bonds is 7. The van der Waals surface area contributed by atoms with Gasteiger partial charge in [-0.1, -0.05) is 12.1 Å². The highest BCUT2D eigenvalue weighted by Gasteiger charge is 2.31. The summed E-state index contributed by atoms with van der Waals surface area (Å²) < 4.78 is 25.6. The van der Waals surface area contributed by atoms with Crippen molar-refractivity contribution in [1.82, 2.24) is 4.72 Å². The first kappa shape index (κ1) is 16.5. The van der Waals surface area contributed by atoms with Crippen LogP contribution >= 0.6 is 0 Å². The van der Waals surface area contributed by atoms with Crippen molar-refractivity contribution in [1.29, 1.82) is 0 Å². The Morgan fingerprint density at radius 1 is 1.29 bits per heavy atom. The topological polar surface area (TPSA) is 164 Å². The molecule has 0 amide bonds. The lowest BCUT2D eigenvalue weighted by molar-refractivity contribution is -0.387. The minimum absolute atomic E-state index is 0.744. The van der Waals surface area contributed by atoms with Gasteiger partial charge in [-0.2, -0.15) is 4.72 Å². The van der Waals surface area contributed by atoms with Crippen LogP contribution in [-0.4, -0.2) is 41.5 Å². The molecule has 0 saturated heterocycles. The van der Waals surface area contributed by atoms with E-state index in [4.69, 9.17) is 10.2 Å². The molecule has 11 heteroatoms. The van der Waals surface area contributed by atoms with Gasteiger partial charge in [0.2, 0.25) is 10.0 Å². The maximum Gasteiger partial charge on any atom is 0.322 e. The Balaban J connectivity index is 3.20.